The Kier molecular flexibility index (Phi) is 5.21. The lowest BCUT2D eigenvalue weighted by atomic mass is 10.0. The minimum Gasteiger partial charge on any atom is -0.336 e. The minimum atomic E-state index is 0.0966. The molecule has 8 nitrogen and oxygen atoms in total. The maximum Gasteiger partial charge on any atom is 0.253 e. The largest absolute Gasteiger partial charge is 0.336 e. The van der Waals surface area contributed by atoms with Gasteiger partial charge in [-0.15, -0.1) is 0 Å². The lowest BCUT2D eigenvalue weighted by Crippen LogP contribution is -2.49. The van der Waals surface area contributed by atoms with Crippen LogP contribution in [-0.4, -0.2) is 73.0 Å². The number of hydrogen-bond donors (Lipinski definition) is 0. The van der Waals surface area contributed by atoms with Crippen molar-refractivity contribution in [3.63, 3.8) is 0 Å². The SMILES string of the molecule is Cc1nn(C)cc1-c1cccc(C(=O)N2CCN(CCn3cncn3)CC2)c1. The summed E-state index contributed by atoms with van der Waals surface area (Å²) in [6, 6.07) is 7.85. The van der Waals surface area contributed by atoms with Crippen molar-refractivity contribution in [1.82, 2.24) is 34.3 Å². The quantitative estimate of drug-likeness (QED) is 0.671. The fraction of sp³-hybridized carbons (Fsp3) is 0.400. The van der Waals surface area contributed by atoms with Gasteiger partial charge in [0.15, 0.2) is 0 Å². The van der Waals surface area contributed by atoms with Crippen LogP contribution in [0.5, 0.6) is 0 Å². The Morgan fingerprint density at radius 1 is 1.14 bits per heavy atom. The smallest absolute Gasteiger partial charge is 0.253 e. The summed E-state index contributed by atoms with van der Waals surface area (Å²) >= 11 is 0. The van der Waals surface area contributed by atoms with Gasteiger partial charge in [-0.05, 0) is 24.6 Å². The zero-order valence-electron chi connectivity index (χ0n) is 16.3. The van der Waals surface area contributed by atoms with Gasteiger partial charge in [0.1, 0.15) is 12.7 Å². The molecule has 3 heterocycles. The van der Waals surface area contributed by atoms with Crippen LogP contribution in [0.25, 0.3) is 11.1 Å². The lowest BCUT2D eigenvalue weighted by Gasteiger charge is -2.34. The molecule has 0 atom stereocenters. The van der Waals surface area contributed by atoms with Gasteiger partial charge in [0.2, 0.25) is 0 Å². The number of benzene rings is 1. The van der Waals surface area contributed by atoms with Crippen LogP contribution in [0.3, 0.4) is 0 Å². The van der Waals surface area contributed by atoms with E-state index in [4.69, 9.17) is 0 Å². The van der Waals surface area contributed by atoms with Crippen LogP contribution in [-0.2, 0) is 13.6 Å². The summed E-state index contributed by atoms with van der Waals surface area (Å²) in [5.41, 5.74) is 3.79. The summed E-state index contributed by atoms with van der Waals surface area (Å²) < 4.78 is 3.64. The van der Waals surface area contributed by atoms with Crippen molar-refractivity contribution >= 4 is 5.91 Å². The maximum absolute atomic E-state index is 13.0. The molecule has 2 aromatic heterocycles. The summed E-state index contributed by atoms with van der Waals surface area (Å²) in [6.45, 7) is 6.96. The van der Waals surface area contributed by atoms with Crippen LogP contribution in [0.4, 0.5) is 0 Å². The second-order valence-electron chi connectivity index (χ2n) is 7.18. The molecule has 0 bridgehead atoms. The van der Waals surface area contributed by atoms with E-state index >= 15 is 0 Å². The lowest BCUT2D eigenvalue weighted by molar-refractivity contribution is 0.0632. The molecular formula is C20H25N7O. The Hall–Kier alpha value is -3.00. The molecule has 1 aromatic carbocycles. The number of rotatable bonds is 5. The first-order valence-corrected chi connectivity index (χ1v) is 9.55. The predicted molar refractivity (Wildman–Crippen MR) is 106 cm³/mol. The minimum absolute atomic E-state index is 0.0966. The average Bonchev–Trinajstić information content (AvgIpc) is 3.35. The molecule has 0 unspecified atom stereocenters. The molecule has 3 aromatic rings. The van der Waals surface area contributed by atoms with Crippen LogP contribution in [0.1, 0.15) is 16.1 Å². The van der Waals surface area contributed by atoms with E-state index in [-0.39, 0.29) is 5.91 Å². The van der Waals surface area contributed by atoms with E-state index in [0.717, 1.165) is 61.7 Å². The van der Waals surface area contributed by atoms with Crippen molar-refractivity contribution in [3.05, 3.63) is 54.4 Å². The maximum atomic E-state index is 13.0. The summed E-state index contributed by atoms with van der Waals surface area (Å²) in [5.74, 6) is 0.0966. The molecule has 0 aliphatic carbocycles. The van der Waals surface area contributed by atoms with Crippen molar-refractivity contribution in [3.8, 4) is 11.1 Å². The van der Waals surface area contributed by atoms with E-state index in [0.29, 0.717) is 0 Å². The molecule has 1 aliphatic rings. The fourth-order valence-electron chi connectivity index (χ4n) is 3.65. The molecule has 1 fully saturated rings. The van der Waals surface area contributed by atoms with Gasteiger partial charge in [-0.25, -0.2) is 4.98 Å². The molecule has 4 rings (SSSR count). The number of carbonyl (C=O) groups is 1. The third-order valence-electron chi connectivity index (χ3n) is 5.21. The average molecular weight is 379 g/mol. The highest BCUT2D eigenvalue weighted by Crippen LogP contribution is 2.24. The van der Waals surface area contributed by atoms with Crippen molar-refractivity contribution in [2.24, 2.45) is 7.05 Å². The number of aryl methyl sites for hydroxylation is 2. The van der Waals surface area contributed by atoms with Gasteiger partial charge >= 0.3 is 0 Å². The standard InChI is InChI=1S/C20H25N7O/c1-16-19(13-24(2)23-16)17-4-3-5-18(12-17)20(28)26-9-6-25(7-10-26)8-11-27-15-21-14-22-27/h3-5,12-15H,6-11H2,1-2H3. The summed E-state index contributed by atoms with van der Waals surface area (Å²) in [4.78, 5) is 21.3. The van der Waals surface area contributed by atoms with Crippen LogP contribution >= 0.6 is 0 Å². The fourth-order valence-corrected chi connectivity index (χ4v) is 3.65. The first-order valence-electron chi connectivity index (χ1n) is 9.55. The van der Waals surface area contributed by atoms with Gasteiger partial charge < -0.3 is 4.90 Å². The van der Waals surface area contributed by atoms with E-state index in [2.05, 4.69) is 20.1 Å². The highest BCUT2D eigenvalue weighted by Gasteiger charge is 2.22. The van der Waals surface area contributed by atoms with E-state index in [1.54, 1.807) is 17.3 Å². The molecule has 0 N–H and O–H groups in total. The molecule has 0 spiro atoms. The van der Waals surface area contributed by atoms with Crippen molar-refractivity contribution in [2.45, 2.75) is 13.5 Å². The first-order chi connectivity index (χ1) is 13.6. The Labute approximate surface area is 164 Å². The molecule has 8 heteroatoms. The first kappa shape index (κ1) is 18.4. The Bertz CT molecular complexity index is 939. The van der Waals surface area contributed by atoms with E-state index in [9.17, 15) is 4.79 Å². The highest BCUT2D eigenvalue weighted by molar-refractivity contribution is 5.95. The number of hydrogen-bond acceptors (Lipinski definition) is 5. The zero-order valence-corrected chi connectivity index (χ0v) is 16.3. The van der Waals surface area contributed by atoms with Gasteiger partial charge in [-0.3, -0.25) is 19.1 Å². The molecule has 1 saturated heterocycles. The summed E-state index contributed by atoms with van der Waals surface area (Å²) in [5, 5.41) is 8.53. The molecule has 0 radical (unpaired) electrons. The van der Waals surface area contributed by atoms with Crippen LogP contribution in [0, 0.1) is 6.92 Å². The number of nitrogens with zero attached hydrogens (tertiary/aromatic N) is 7. The molecule has 28 heavy (non-hydrogen) atoms. The predicted octanol–water partition coefficient (Wildman–Crippen LogP) is 1.45. The van der Waals surface area contributed by atoms with Gasteiger partial charge in [-0.2, -0.15) is 10.2 Å². The highest BCUT2D eigenvalue weighted by atomic mass is 16.2. The van der Waals surface area contributed by atoms with Crippen LogP contribution in [0.2, 0.25) is 0 Å². The van der Waals surface area contributed by atoms with Crippen molar-refractivity contribution in [2.75, 3.05) is 32.7 Å². The van der Waals surface area contributed by atoms with Gasteiger partial charge in [0.05, 0.1) is 12.2 Å². The topological polar surface area (TPSA) is 72.1 Å². The zero-order chi connectivity index (χ0) is 19.5. The molecule has 1 aliphatic heterocycles. The number of aromatic nitrogens is 5. The number of amides is 1. The second kappa shape index (κ2) is 7.93. The molecule has 0 saturated carbocycles. The normalized spacial score (nSPS) is 15.1. The van der Waals surface area contributed by atoms with E-state index in [1.807, 2.05) is 54.0 Å². The molecular weight excluding hydrogens is 354 g/mol. The summed E-state index contributed by atoms with van der Waals surface area (Å²) in [7, 11) is 1.91. The van der Waals surface area contributed by atoms with E-state index in [1.165, 1.54) is 0 Å². The van der Waals surface area contributed by atoms with Gasteiger partial charge in [-0.1, -0.05) is 12.1 Å². The monoisotopic (exact) mass is 379 g/mol. The Morgan fingerprint density at radius 2 is 1.96 bits per heavy atom. The Balaban J connectivity index is 1.37. The van der Waals surface area contributed by atoms with Crippen LogP contribution < -0.4 is 0 Å². The third kappa shape index (κ3) is 3.96. The molecule has 146 valence electrons. The van der Waals surface area contributed by atoms with E-state index < -0.39 is 0 Å². The van der Waals surface area contributed by atoms with Crippen molar-refractivity contribution < 1.29 is 4.79 Å². The number of carbonyl (C=O) groups excluding carboxylic acids is 1. The van der Waals surface area contributed by atoms with Crippen molar-refractivity contribution in [1.29, 1.82) is 0 Å². The second-order valence-corrected chi connectivity index (χ2v) is 7.18. The van der Waals surface area contributed by atoms with Crippen LogP contribution in [0.15, 0.2) is 43.1 Å². The third-order valence-corrected chi connectivity index (χ3v) is 5.21. The van der Waals surface area contributed by atoms with Gasteiger partial charge in [0, 0.05) is 57.1 Å². The number of piperazine rings is 1. The Morgan fingerprint density at radius 3 is 2.64 bits per heavy atom. The van der Waals surface area contributed by atoms with Gasteiger partial charge in [0.25, 0.3) is 5.91 Å². The summed E-state index contributed by atoms with van der Waals surface area (Å²) in [6.07, 6.45) is 5.28. The molecule has 1 amide bonds.